The first-order chi connectivity index (χ1) is 12.1. The molecule has 136 valence electrons. The van der Waals surface area contributed by atoms with Crippen LogP contribution in [-0.4, -0.2) is 51.1 Å². The van der Waals surface area contributed by atoms with Crippen molar-refractivity contribution < 1.29 is 0 Å². The second-order valence-electron chi connectivity index (χ2n) is 6.60. The van der Waals surface area contributed by atoms with Gasteiger partial charge in [0.05, 0.1) is 0 Å². The molecule has 2 rings (SSSR count). The molecular formula is C20H30N4S. The lowest BCUT2D eigenvalue weighted by Crippen LogP contribution is -2.46. The van der Waals surface area contributed by atoms with Crippen molar-refractivity contribution in [2.45, 2.75) is 25.3 Å². The summed E-state index contributed by atoms with van der Waals surface area (Å²) in [5.74, 6) is 1.33. The van der Waals surface area contributed by atoms with Gasteiger partial charge in [-0.1, -0.05) is 37.3 Å². The minimum Gasteiger partial charge on any atom is -0.356 e. The van der Waals surface area contributed by atoms with E-state index in [4.69, 9.17) is 0 Å². The van der Waals surface area contributed by atoms with Gasteiger partial charge in [-0.2, -0.15) is 11.3 Å². The third-order valence-corrected chi connectivity index (χ3v) is 5.16. The van der Waals surface area contributed by atoms with Crippen LogP contribution in [0.3, 0.4) is 0 Å². The fourth-order valence-corrected chi connectivity index (χ4v) is 3.46. The van der Waals surface area contributed by atoms with Crippen molar-refractivity contribution in [3.8, 4) is 0 Å². The lowest BCUT2D eigenvalue weighted by atomic mass is 10.1. The molecular weight excluding hydrogens is 328 g/mol. The van der Waals surface area contributed by atoms with Crippen molar-refractivity contribution in [3.63, 3.8) is 0 Å². The molecule has 0 aliphatic rings. The summed E-state index contributed by atoms with van der Waals surface area (Å²) in [5, 5.41) is 11.3. The van der Waals surface area contributed by atoms with E-state index in [0.29, 0.717) is 12.0 Å². The summed E-state index contributed by atoms with van der Waals surface area (Å²) in [6.45, 7) is 3.97. The summed E-state index contributed by atoms with van der Waals surface area (Å²) in [4.78, 5) is 6.62. The molecule has 1 aromatic heterocycles. The molecule has 4 nitrogen and oxygen atoms in total. The predicted molar refractivity (Wildman–Crippen MR) is 110 cm³/mol. The van der Waals surface area contributed by atoms with Crippen LogP contribution in [0.25, 0.3) is 0 Å². The molecule has 0 fully saturated rings. The Hall–Kier alpha value is -1.85. The maximum absolute atomic E-state index is 4.36. The number of nitrogens with zero attached hydrogens (tertiary/aromatic N) is 2. The Morgan fingerprint density at radius 1 is 1.12 bits per heavy atom. The zero-order chi connectivity index (χ0) is 18.1. The van der Waals surface area contributed by atoms with Crippen LogP contribution in [-0.2, 0) is 6.42 Å². The van der Waals surface area contributed by atoms with E-state index in [0.717, 1.165) is 25.5 Å². The van der Waals surface area contributed by atoms with Gasteiger partial charge in [0.1, 0.15) is 0 Å². The van der Waals surface area contributed by atoms with E-state index in [1.807, 2.05) is 7.05 Å². The third kappa shape index (κ3) is 6.52. The maximum Gasteiger partial charge on any atom is 0.191 e. The molecule has 0 saturated heterocycles. The first-order valence-electron chi connectivity index (χ1n) is 8.77. The topological polar surface area (TPSA) is 39.7 Å². The Morgan fingerprint density at radius 2 is 1.84 bits per heavy atom. The van der Waals surface area contributed by atoms with Crippen LogP contribution in [0.1, 0.15) is 24.0 Å². The Bertz CT molecular complexity index is 622. The largest absolute Gasteiger partial charge is 0.356 e. The molecule has 2 N–H and O–H groups in total. The highest BCUT2D eigenvalue weighted by Gasteiger charge is 2.13. The van der Waals surface area contributed by atoms with Gasteiger partial charge in [0, 0.05) is 26.2 Å². The second kappa shape index (κ2) is 10.2. The van der Waals surface area contributed by atoms with Gasteiger partial charge >= 0.3 is 0 Å². The average molecular weight is 359 g/mol. The van der Waals surface area contributed by atoms with Crippen LogP contribution >= 0.6 is 11.3 Å². The van der Waals surface area contributed by atoms with Gasteiger partial charge in [0.25, 0.3) is 0 Å². The number of nitrogens with one attached hydrogen (secondary N) is 2. The van der Waals surface area contributed by atoms with E-state index < -0.39 is 0 Å². The van der Waals surface area contributed by atoms with Gasteiger partial charge in [0.15, 0.2) is 5.96 Å². The van der Waals surface area contributed by atoms with Gasteiger partial charge in [-0.05, 0) is 54.4 Å². The molecule has 0 spiro atoms. The van der Waals surface area contributed by atoms with Gasteiger partial charge in [0.2, 0.25) is 0 Å². The Balaban J connectivity index is 1.83. The SMILES string of the molecule is CN=C(NCC(C)c1ccsc1)NCC(Cc1ccccc1)N(C)C. The van der Waals surface area contributed by atoms with Crippen LogP contribution in [0.2, 0.25) is 0 Å². The maximum atomic E-state index is 4.36. The highest BCUT2D eigenvalue weighted by atomic mass is 32.1. The summed E-state index contributed by atoms with van der Waals surface area (Å²) in [6, 6.07) is 13.2. The first kappa shape index (κ1) is 19.5. The van der Waals surface area contributed by atoms with Crippen molar-refractivity contribution in [2.24, 2.45) is 4.99 Å². The van der Waals surface area contributed by atoms with Crippen LogP contribution in [0, 0.1) is 0 Å². The highest BCUT2D eigenvalue weighted by Crippen LogP contribution is 2.16. The minimum absolute atomic E-state index is 0.412. The molecule has 0 radical (unpaired) electrons. The molecule has 2 aromatic rings. The number of likely N-dealkylation sites (N-methyl/N-ethyl adjacent to an activating group) is 1. The van der Waals surface area contributed by atoms with E-state index in [-0.39, 0.29) is 0 Å². The molecule has 2 unspecified atom stereocenters. The number of benzene rings is 1. The number of hydrogen-bond acceptors (Lipinski definition) is 3. The van der Waals surface area contributed by atoms with Crippen molar-refractivity contribution in [3.05, 3.63) is 58.3 Å². The monoisotopic (exact) mass is 358 g/mol. The van der Waals surface area contributed by atoms with E-state index in [1.165, 1.54) is 11.1 Å². The molecule has 0 amide bonds. The van der Waals surface area contributed by atoms with Crippen molar-refractivity contribution in [1.82, 2.24) is 15.5 Å². The smallest absolute Gasteiger partial charge is 0.191 e. The van der Waals surface area contributed by atoms with Crippen LogP contribution in [0.4, 0.5) is 0 Å². The van der Waals surface area contributed by atoms with Gasteiger partial charge in [-0.3, -0.25) is 4.99 Å². The normalized spacial score (nSPS) is 14.4. The summed E-state index contributed by atoms with van der Waals surface area (Å²) in [7, 11) is 6.08. The summed E-state index contributed by atoms with van der Waals surface area (Å²) in [5.41, 5.74) is 2.74. The zero-order valence-electron chi connectivity index (χ0n) is 15.7. The fourth-order valence-electron chi connectivity index (χ4n) is 2.68. The van der Waals surface area contributed by atoms with Gasteiger partial charge in [-0.25, -0.2) is 0 Å². The summed E-state index contributed by atoms with van der Waals surface area (Å²) >= 11 is 1.75. The Kier molecular flexibility index (Phi) is 7.95. The molecule has 1 aromatic carbocycles. The molecule has 0 bridgehead atoms. The van der Waals surface area contributed by atoms with Crippen LogP contribution < -0.4 is 10.6 Å². The van der Waals surface area contributed by atoms with Crippen LogP contribution in [0.5, 0.6) is 0 Å². The minimum atomic E-state index is 0.412. The lowest BCUT2D eigenvalue weighted by Gasteiger charge is -2.26. The summed E-state index contributed by atoms with van der Waals surface area (Å²) in [6.07, 6.45) is 1.02. The average Bonchev–Trinajstić information content (AvgIpc) is 3.16. The Morgan fingerprint density at radius 3 is 2.44 bits per heavy atom. The van der Waals surface area contributed by atoms with Crippen LogP contribution in [0.15, 0.2) is 52.2 Å². The van der Waals surface area contributed by atoms with Crippen molar-refractivity contribution in [2.75, 3.05) is 34.2 Å². The molecule has 25 heavy (non-hydrogen) atoms. The predicted octanol–water partition coefficient (Wildman–Crippen LogP) is 3.19. The molecule has 0 aliphatic heterocycles. The standard InChI is InChI=1S/C20H30N4S/c1-16(18-10-11-25-15-18)13-22-20(21-2)23-14-19(24(3)4)12-17-8-6-5-7-9-17/h5-11,15-16,19H,12-14H2,1-4H3,(H2,21,22,23). The van der Waals surface area contributed by atoms with E-state index in [2.05, 4.69) is 88.7 Å². The zero-order valence-corrected chi connectivity index (χ0v) is 16.5. The second-order valence-corrected chi connectivity index (χ2v) is 7.38. The van der Waals surface area contributed by atoms with Crippen molar-refractivity contribution >= 4 is 17.3 Å². The summed E-state index contributed by atoms with van der Waals surface area (Å²) < 4.78 is 0. The number of aliphatic imine (C=N–C) groups is 1. The van der Waals surface area contributed by atoms with E-state index in [9.17, 15) is 0 Å². The molecule has 5 heteroatoms. The van der Waals surface area contributed by atoms with E-state index in [1.54, 1.807) is 11.3 Å². The molecule has 0 saturated carbocycles. The fraction of sp³-hybridized carbons (Fsp3) is 0.450. The molecule has 2 atom stereocenters. The number of hydrogen-bond donors (Lipinski definition) is 2. The molecule has 1 heterocycles. The number of thiophene rings is 1. The van der Waals surface area contributed by atoms with Crippen molar-refractivity contribution in [1.29, 1.82) is 0 Å². The first-order valence-corrected chi connectivity index (χ1v) is 9.71. The molecule has 0 aliphatic carbocycles. The number of guanidine groups is 1. The van der Waals surface area contributed by atoms with Gasteiger partial charge in [-0.15, -0.1) is 0 Å². The third-order valence-electron chi connectivity index (χ3n) is 4.46. The quantitative estimate of drug-likeness (QED) is 0.562. The Labute approximate surface area is 156 Å². The van der Waals surface area contributed by atoms with Gasteiger partial charge < -0.3 is 15.5 Å². The van der Waals surface area contributed by atoms with E-state index >= 15 is 0 Å². The number of rotatable bonds is 8. The lowest BCUT2D eigenvalue weighted by molar-refractivity contribution is 0.290. The highest BCUT2D eigenvalue weighted by molar-refractivity contribution is 7.07.